The number of allylic oxidation sites excluding steroid dienone is 1. The number of hydrogen-bond acceptors (Lipinski definition) is 6. The second kappa shape index (κ2) is 11.8. The van der Waals surface area contributed by atoms with Crippen LogP contribution in [-0.4, -0.2) is 39.1 Å². The van der Waals surface area contributed by atoms with E-state index in [1.165, 1.54) is 6.07 Å². The Labute approximate surface area is 251 Å². The number of benzene rings is 1. The van der Waals surface area contributed by atoms with Gasteiger partial charge in [-0.2, -0.15) is 5.26 Å². The highest BCUT2D eigenvalue weighted by Crippen LogP contribution is 2.47. The SMILES string of the molecule is Cc1nc2c3cc(C4(C#N)CC4)c(=O)n(c3n1)CCCCC/C=C\CN1CCC(CC1)C(F)(F)c1cccc(c1)[C@@H](C)N2. The molecule has 5 heterocycles. The zero-order valence-electron chi connectivity index (χ0n) is 25.1. The molecule has 226 valence electrons. The van der Waals surface area contributed by atoms with Gasteiger partial charge < -0.3 is 5.32 Å². The largest absolute Gasteiger partial charge is 0.363 e. The van der Waals surface area contributed by atoms with Crippen LogP contribution in [0.15, 0.2) is 47.3 Å². The molecule has 1 saturated carbocycles. The Morgan fingerprint density at radius 3 is 2.58 bits per heavy atom. The molecule has 1 saturated heterocycles. The summed E-state index contributed by atoms with van der Waals surface area (Å²) in [6.45, 7) is 6.36. The van der Waals surface area contributed by atoms with Crippen molar-refractivity contribution in [2.24, 2.45) is 5.92 Å². The van der Waals surface area contributed by atoms with Crippen molar-refractivity contribution in [2.45, 2.75) is 89.1 Å². The summed E-state index contributed by atoms with van der Waals surface area (Å²) in [5, 5.41) is 14.1. The Balaban J connectivity index is 1.42. The van der Waals surface area contributed by atoms with Crippen molar-refractivity contribution in [3.05, 3.63) is 75.4 Å². The predicted octanol–water partition coefficient (Wildman–Crippen LogP) is 6.76. The van der Waals surface area contributed by atoms with Crippen LogP contribution >= 0.6 is 0 Å². The average molecular weight is 587 g/mol. The summed E-state index contributed by atoms with van der Waals surface area (Å²) < 4.78 is 33.4. The minimum absolute atomic E-state index is 0.0451. The van der Waals surface area contributed by atoms with E-state index in [2.05, 4.69) is 28.4 Å². The van der Waals surface area contributed by atoms with Gasteiger partial charge in [0, 0.05) is 36.2 Å². The zero-order chi connectivity index (χ0) is 30.2. The number of pyridine rings is 1. The number of anilines is 1. The number of aromatic nitrogens is 3. The number of hydrogen-bond donors (Lipinski definition) is 1. The summed E-state index contributed by atoms with van der Waals surface area (Å²) in [7, 11) is 0. The molecule has 7 nitrogen and oxygen atoms in total. The third kappa shape index (κ3) is 5.82. The van der Waals surface area contributed by atoms with Gasteiger partial charge in [0.1, 0.15) is 17.3 Å². The summed E-state index contributed by atoms with van der Waals surface area (Å²) >= 11 is 0. The number of nitriles is 1. The molecular formula is C34H40F2N6O. The third-order valence-electron chi connectivity index (χ3n) is 9.54. The van der Waals surface area contributed by atoms with Crippen molar-refractivity contribution in [2.75, 3.05) is 25.0 Å². The monoisotopic (exact) mass is 586 g/mol. The molecule has 9 heteroatoms. The fraction of sp³-hybridized carbons (Fsp3) is 0.529. The summed E-state index contributed by atoms with van der Waals surface area (Å²) in [6.07, 6.45) is 10.3. The van der Waals surface area contributed by atoms with Crippen molar-refractivity contribution in [3.8, 4) is 6.07 Å². The van der Waals surface area contributed by atoms with Gasteiger partial charge in [0.15, 0.2) is 0 Å². The highest BCUT2D eigenvalue weighted by atomic mass is 19.3. The van der Waals surface area contributed by atoms with E-state index in [4.69, 9.17) is 9.97 Å². The lowest BCUT2D eigenvalue weighted by molar-refractivity contribution is -0.0847. The van der Waals surface area contributed by atoms with E-state index in [9.17, 15) is 10.1 Å². The van der Waals surface area contributed by atoms with E-state index in [-0.39, 0.29) is 17.2 Å². The van der Waals surface area contributed by atoms with Crippen molar-refractivity contribution in [3.63, 3.8) is 0 Å². The van der Waals surface area contributed by atoms with Gasteiger partial charge in [-0.15, -0.1) is 0 Å². The number of aryl methyl sites for hydroxylation is 2. The second-order valence-electron chi connectivity index (χ2n) is 12.6. The highest BCUT2D eigenvalue weighted by molar-refractivity contribution is 5.88. The molecule has 3 aromatic rings. The second-order valence-corrected chi connectivity index (χ2v) is 12.6. The van der Waals surface area contributed by atoms with Crippen molar-refractivity contribution < 1.29 is 8.78 Å². The maximum atomic E-state index is 15.8. The van der Waals surface area contributed by atoms with Gasteiger partial charge in [0.2, 0.25) is 0 Å². The van der Waals surface area contributed by atoms with Gasteiger partial charge in [-0.1, -0.05) is 36.8 Å². The van der Waals surface area contributed by atoms with Crippen LogP contribution in [-0.2, 0) is 17.9 Å². The quantitative estimate of drug-likeness (QED) is 0.317. The first-order valence-corrected chi connectivity index (χ1v) is 15.7. The minimum atomic E-state index is -2.92. The van der Waals surface area contributed by atoms with Crippen LogP contribution in [0.25, 0.3) is 11.0 Å². The normalized spacial score (nSPS) is 26.1. The smallest absolute Gasteiger partial charge is 0.276 e. The lowest BCUT2D eigenvalue weighted by atomic mass is 9.85. The van der Waals surface area contributed by atoms with E-state index < -0.39 is 17.3 Å². The number of halogens is 2. The number of fused-ring (bicyclic) bond motifs is 9. The maximum absolute atomic E-state index is 15.8. The molecular weight excluding hydrogens is 546 g/mol. The Bertz CT molecular complexity index is 1630. The van der Waals surface area contributed by atoms with Gasteiger partial charge >= 0.3 is 0 Å². The molecule has 1 N–H and O–H groups in total. The van der Waals surface area contributed by atoms with Gasteiger partial charge in [0.05, 0.1) is 16.9 Å². The molecule has 1 aliphatic carbocycles. The van der Waals surface area contributed by atoms with E-state index in [0.29, 0.717) is 73.6 Å². The summed E-state index contributed by atoms with van der Waals surface area (Å²) in [5.41, 5.74) is 0.884. The highest BCUT2D eigenvalue weighted by Gasteiger charge is 2.47. The van der Waals surface area contributed by atoms with Crippen LogP contribution in [0.1, 0.15) is 86.8 Å². The van der Waals surface area contributed by atoms with Crippen LogP contribution in [0.2, 0.25) is 0 Å². The molecule has 1 aromatic carbocycles. The van der Waals surface area contributed by atoms with Crippen LogP contribution in [0.4, 0.5) is 14.6 Å². The van der Waals surface area contributed by atoms with Gasteiger partial charge in [0.25, 0.3) is 11.5 Å². The molecule has 0 unspecified atom stereocenters. The maximum Gasteiger partial charge on any atom is 0.276 e. The fourth-order valence-corrected chi connectivity index (χ4v) is 6.65. The lowest BCUT2D eigenvalue weighted by Crippen LogP contribution is -2.39. The molecule has 3 aliphatic heterocycles. The van der Waals surface area contributed by atoms with Crippen LogP contribution in [0.5, 0.6) is 0 Å². The van der Waals surface area contributed by atoms with Crippen LogP contribution in [0.3, 0.4) is 0 Å². The number of nitrogens with one attached hydrogen (secondary N) is 1. The van der Waals surface area contributed by atoms with Crippen molar-refractivity contribution >= 4 is 16.9 Å². The summed E-state index contributed by atoms with van der Waals surface area (Å²) in [6, 6.07) is 10.6. The molecule has 8 bridgehead atoms. The molecule has 0 amide bonds. The first kappa shape index (κ1) is 29.4. The third-order valence-corrected chi connectivity index (χ3v) is 9.54. The lowest BCUT2D eigenvalue weighted by Gasteiger charge is -2.35. The Hall–Kier alpha value is -3.64. The molecule has 0 spiro atoms. The van der Waals surface area contributed by atoms with Crippen LogP contribution < -0.4 is 10.9 Å². The zero-order valence-corrected chi connectivity index (χ0v) is 25.1. The minimum Gasteiger partial charge on any atom is -0.363 e. The molecule has 1 atom stereocenters. The number of nitrogens with zero attached hydrogens (tertiary/aromatic N) is 5. The van der Waals surface area contributed by atoms with Crippen molar-refractivity contribution in [1.29, 1.82) is 5.26 Å². The van der Waals surface area contributed by atoms with E-state index in [1.807, 2.05) is 13.0 Å². The molecule has 2 fully saturated rings. The number of rotatable bonds is 1. The molecule has 0 radical (unpaired) electrons. The van der Waals surface area contributed by atoms with E-state index in [0.717, 1.165) is 37.8 Å². The summed E-state index contributed by atoms with van der Waals surface area (Å²) in [4.78, 5) is 25.5. The molecule has 4 aliphatic rings. The fourth-order valence-electron chi connectivity index (χ4n) is 6.65. The summed E-state index contributed by atoms with van der Waals surface area (Å²) in [5.74, 6) is -2.57. The average Bonchev–Trinajstić information content (AvgIpc) is 3.80. The van der Waals surface area contributed by atoms with Gasteiger partial charge in [-0.25, -0.2) is 18.7 Å². The Kier molecular flexibility index (Phi) is 8.08. The topological polar surface area (TPSA) is 86.8 Å². The van der Waals surface area contributed by atoms with E-state index >= 15 is 8.78 Å². The first-order valence-electron chi connectivity index (χ1n) is 15.7. The first-order chi connectivity index (χ1) is 20.7. The molecule has 2 aromatic heterocycles. The number of alkyl halides is 2. The molecule has 7 rings (SSSR count). The van der Waals surface area contributed by atoms with Gasteiger partial charge in [-0.05, 0) is 89.6 Å². The van der Waals surface area contributed by atoms with Crippen LogP contribution in [0, 0.1) is 24.2 Å². The molecule has 43 heavy (non-hydrogen) atoms. The standard InChI is InChI=1S/C34H40F2N6O/c1-23-25-10-9-11-27(20-25)34(35,36)26-12-18-41(19-13-26)16-7-5-3-4-6-8-17-42-31-28(30(38-23)39-24(2)40-31)21-29(32(42)43)33(22-37)14-15-33/h5,7,9-11,20-21,23,26H,3-4,6,8,12-19H2,1-2H3,(H,38,39,40)/b7-5-/t23-/m1/s1. The van der Waals surface area contributed by atoms with Crippen molar-refractivity contribution in [1.82, 2.24) is 19.4 Å². The van der Waals surface area contributed by atoms with E-state index in [1.54, 1.807) is 29.7 Å². The Morgan fingerprint density at radius 2 is 1.84 bits per heavy atom. The number of piperidine rings is 1. The Morgan fingerprint density at radius 1 is 1.05 bits per heavy atom. The van der Waals surface area contributed by atoms with Gasteiger partial charge in [-0.3, -0.25) is 14.3 Å². The predicted molar refractivity (Wildman–Crippen MR) is 164 cm³/mol.